The van der Waals surface area contributed by atoms with Gasteiger partial charge < -0.3 is 145 Å². The van der Waals surface area contributed by atoms with Crippen molar-refractivity contribution in [2.75, 3.05) is 25.4 Å². The van der Waals surface area contributed by atoms with E-state index in [-0.39, 0.29) is 138 Å². The summed E-state index contributed by atoms with van der Waals surface area (Å²) in [6.07, 6.45) is -0.393. The number of amides is 16. The topological polar surface area (TPSA) is 822 Å². The number of carbonyl (C=O) groups is 18. The van der Waals surface area contributed by atoms with Gasteiger partial charge in [-0.1, -0.05) is 75.7 Å². The van der Waals surface area contributed by atoms with E-state index in [1.54, 1.807) is 69.2 Å². The van der Waals surface area contributed by atoms with Gasteiger partial charge in [0.1, 0.15) is 84.6 Å². The third kappa shape index (κ3) is 45.5. The monoisotopic (exact) mass is 1890 g/mol. The molecule has 0 aliphatic carbocycles. The van der Waals surface area contributed by atoms with Crippen molar-refractivity contribution in [1.82, 2.24) is 105 Å². The van der Waals surface area contributed by atoms with Crippen LogP contribution in [0.2, 0.25) is 0 Å². The van der Waals surface area contributed by atoms with E-state index in [0.717, 1.165) is 6.92 Å². The number of aromatic amines is 2. The fraction of sp³-hybridized carbons (Fsp3) is 0.683. The molecule has 2 aromatic rings. The Hall–Kier alpha value is -12.3. The Morgan fingerprint density at radius 2 is 0.674 bits per heavy atom. The van der Waals surface area contributed by atoms with E-state index in [4.69, 9.17) is 45.2 Å². The molecule has 0 saturated carbocycles. The highest BCUT2D eigenvalue weighted by atomic mass is 32.1. The number of carboxylic acids is 2. The number of imidazole rings is 2. The molecule has 2 heterocycles. The molecule has 0 spiro atoms. The first-order chi connectivity index (χ1) is 62.0. The van der Waals surface area contributed by atoms with Crippen molar-refractivity contribution in [1.29, 1.82) is 10.8 Å². The highest BCUT2D eigenvalue weighted by Gasteiger charge is 2.41. The van der Waals surface area contributed by atoms with E-state index in [9.17, 15) is 77.6 Å². The van der Waals surface area contributed by atoms with Crippen molar-refractivity contribution in [3.05, 3.63) is 36.4 Å². The van der Waals surface area contributed by atoms with E-state index in [1.165, 1.54) is 25.0 Å². The Morgan fingerprint density at radius 3 is 1.00 bits per heavy atom. The maximum absolute atomic E-state index is 15.0. The van der Waals surface area contributed by atoms with Crippen molar-refractivity contribution in [3.8, 4) is 0 Å². The van der Waals surface area contributed by atoms with Crippen molar-refractivity contribution < 1.29 is 102 Å². The van der Waals surface area contributed by atoms with Crippen molar-refractivity contribution in [2.24, 2.45) is 64.0 Å². The van der Waals surface area contributed by atoms with Gasteiger partial charge in [0.25, 0.3) is 0 Å². The SMILES string of the molecule is CC[C@H](C)[C@H](NC(=O)[C@H](CCCCN)NC(=O)[C@H](Cc1cnc[nH]1)NC(=O)[C@H](CCCNC(=N)N)NC(=O)[C@H](CCC(=O)O)NC(=O)[C@@H](NC(=O)[C@H](CC(C)C)NC(=O)[C@@H](N)CS)[C@@H](C)O)C(=O)N[C@@H](CC(C)C)C(=O)N[C@@H](Cc1cnc[nH]1)C(=O)N[C@@H](CCCNC(=N)N)C(=O)N[C@@H](CC(C)C)C(=O)N[C@@H](CC(C)C)C(=O)N[C@@H](CCC(N)=O)C(=O)N[C@@H](CCC(=O)O)C(N)=O. The average Bonchev–Trinajstić information content (AvgIpc) is 0.920. The van der Waals surface area contributed by atoms with Crippen LogP contribution in [0.25, 0.3) is 0 Å². The van der Waals surface area contributed by atoms with E-state index >= 15 is 24.0 Å². The summed E-state index contributed by atoms with van der Waals surface area (Å²) in [5.74, 6) is -21.3. The molecule has 50 heteroatoms. The average molecular weight is 1890 g/mol. The molecule has 17 atom stereocenters. The number of H-pyrrole nitrogens is 2. The minimum Gasteiger partial charge on any atom is -0.481 e. The number of nitrogens with zero attached hydrogens (tertiary/aromatic N) is 2. The zero-order valence-electron chi connectivity index (χ0n) is 76.9. The summed E-state index contributed by atoms with van der Waals surface area (Å²) in [5, 5.41) is 86.7. The predicted octanol–water partition coefficient (Wildman–Crippen LogP) is -6.29. The number of nitrogens with two attached hydrogens (primary N) is 6. The number of thiol groups is 1. The number of aliphatic hydroxyl groups is 1. The molecule has 0 aliphatic rings. The maximum Gasteiger partial charge on any atom is 0.303 e. The molecular weight excluding hydrogens is 1750 g/mol. The van der Waals surface area contributed by atoms with E-state index in [0.29, 0.717) is 12.1 Å². The number of carbonyl (C=O) groups excluding carboxylic acids is 16. The Balaban J connectivity index is 2.71. The lowest BCUT2D eigenvalue weighted by molar-refractivity contribution is -0.139. The van der Waals surface area contributed by atoms with Gasteiger partial charge in [-0.25, -0.2) is 9.97 Å². The number of hydrogen-bond donors (Lipinski definition) is 30. The van der Waals surface area contributed by atoms with Crippen LogP contribution in [0.3, 0.4) is 0 Å². The summed E-state index contributed by atoms with van der Waals surface area (Å²) < 4.78 is 0. The molecule has 49 nitrogen and oxygen atoms in total. The van der Waals surface area contributed by atoms with Crippen LogP contribution in [-0.2, 0) is 99.1 Å². The molecule has 0 saturated heterocycles. The van der Waals surface area contributed by atoms with Gasteiger partial charge in [-0.2, -0.15) is 12.6 Å². The quantitative estimate of drug-likeness (QED) is 0.0127. The molecule has 0 fully saturated rings. The Bertz CT molecular complexity index is 4120. The lowest BCUT2D eigenvalue weighted by Gasteiger charge is -2.30. The van der Waals surface area contributed by atoms with Gasteiger partial charge in [-0.3, -0.25) is 97.1 Å². The van der Waals surface area contributed by atoms with Crippen molar-refractivity contribution in [3.63, 3.8) is 0 Å². The molecule has 16 amide bonds. The van der Waals surface area contributed by atoms with Crippen molar-refractivity contribution >= 4 is 131 Å². The van der Waals surface area contributed by atoms with Gasteiger partial charge in [0.2, 0.25) is 94.5 Å². The number of primary amides is 2. The molecule has 0 radical (unpaired) electrons. The second-order valence-corrected chi connectivity index (χ2v) is 34.6. The standard InChI is InChI=1S/C82H142N28O21S/c1-12-44(10)64(109-72(123)50(17-13-14-26-83)99-76(127)59(33-46-35-91-38-95-46)106-69(120)51(18-15-27-93-81(87)88)98-71(122)54(22-25-63(115)116)102-80(131)65(45(11)111)110-78(129)58(32-43(8)9)103-67(118)48(84)37-132)79(130)108-57(31-42(6)7)75(126)107-60(34-47-36-92-39-96-47)77(128)100-52(19-16-28-94-82(89)90)68(119)104-56(30-41(4)5)74(125)105-55(29-40(2)3)73(124)101-53(20-23-61(85)112)70(121)97-49(66(86)117)21-24-62(113)114/h35-36,38-45,48-60,64-65,111,132H,12-34,37,83-84H2,1-11H3,(H2,85,112)(H2,86,117)(H,91,95)(H,92,96)(H,97,121)(H,98,122)(H,99,127)(H,100,128)(H,101,124)(H,102,131)(H,103,118)(H,104,119)(H,105,125)(H,106,120)(H,107,126)(H,108,130)(H,109,123)(H,110,129)(H,113,114)(H,115,116)(H4,87,88,93)(H4,89,90,94)/t44-,45+,48-,49-,50-,51-,52-,53-,54-,55-,56-,57-,58-,59-,60-,64-,65-/m0/s1. The van der Waals surface area contributed by atoms with Crippen LogP contribution in [0.4, 0.5) is 0 Å². The number of aliphatic hydroxyl groups excluding tert-OH is 1. The van der Waals surface area contributed by atoms with Gasteiger partial charge in [0.15, 0.2) is 11.9 Å². The second kappa shape index (κ2) is 60.6. The first-order valence-electron chi connectivity index (χ1n) is 44.1. The van der Waals surface area contributed by atoms with Crippen LogP contribution < -0.4 is 119 Å². The predicted molar refractivity (Wildman–Crippen MR) is 485 cm³/mol. The normalized spacial score (nSPS) is 15.1. The van der Waals surface area contributed by atoms with Crippen LogP contribution in [0.15, 0.2) is 25.0 Å². The lowest BCUT2D eigenvalue weighted by atomic mass is 9.96. The van der Waals surface area contributed by atoms with Gasteiger partial charge >= 0.3 is 11.9 Å². The maximum atomic E-state index is 15.0. The zero-order valence-corrected chi connectivity index (χ0v) is 77.8. The van der Waals surface area contributed by atoms with Crippen LogP contribution in [0.5, 0.6) is 0 Å². The number of unbranched alkanes of at least 4 members (excludes halogenated alkanes) is 1. The summed E-state index contributed by atoms with van der Waals surface area (Å²) in [6.45, 7) is 18.4. The molecule has 2 aromatic heterocycles. The Morgan fingerprint density at radius 1 is 0.386 bits per heavy atom. The summed E-state index contributed by atoms with van der Waals surface area (Å²) in [4.78, 5) is 264. The number of guanidine groups is 2. The number of rotatable bonds is 66. The summed E-state index contributed by atoms with van der Waals surface area (Å²) >= 11 is 4.04. The largest absolute Gasteiger partial charge is 0.481 e. The molecule has 35 N–H and O–H groups in total. The highest BCUT2D eigenvalue weighted by molar-refractivity contribution is 7.80. The third-order valence-electron chi connectivity index (χ3n) is 20.7. The van der Waals surface area contributed by atoms with Crippen LogP contribution in [-0.4, -0.2) is 276 Å². The van der Waals surface area contributed by atoms with E-state index in [2.05, 4.69) is 118 Å². The molecule has 0 aromatic carbocycles. The molecule has 2 rings (SSSR count). The number of carboxylic acid groups (broad SMARTS) is 2. The number of hydrogen-bond acceptors (Lipinski definition) is 26. The molecule has 0 aliphatic heterocycles. The first-order valence-corrected chi connectivity index (χ1v) is 44.8. The van der Waals surface area contributed by atoms with Gasteiger partial charge in [-0.15, -0.1) is 0 Å². The number of nitrogens with one attached hydrogen (secondary N) is 20. The lowest BCUT2D eigenvalue weighted by Crippen LogP contribution is -2.62. The summed E-state index contributed by atoms with van der Waals surface area (Å²) in [5.41, 5.74) is 34.3. The first kappa shape index (κ1) is 116. The highest BCUT2D eigenvalue weighted by Crippen LogP contribution is 2.18. The second-order valence-electron chi connectivity index (χ2n) is 34.2. The third-order valence-corrected chi connectivity index (χ3v) is 21.1. The molecule has 0 unspecified atom stereocenters. The molecule has 742 valence electrons. The zero-order chi connectivity index (χ0) is 99.8. The minimum absolute atomic E-state index is 0.00667. The molecular formula is C82H142N28O21S. The number of aliphatic carboxylic acids is 2. The van der Waals surface area contributed by atoms with Gasteiger partial charge in [0.05, 0.1) is 24.8 Å². The Kier molecular flexibility index (Phi) is 53.1. The number of aromatic nitrogens is 4. The van der Waals surface area contributed by atoms with Gasteiger partial charge in [-0.05, 0) is 133 Å². The summed E-state index contributed by atoms with van der Waals surface area (Å²) in [7, 11) is 0. The van der Waals surface area contributed by atoms with E-state index in [1.807, 2.05) is 0 Å². The van der Waals surface area contributed by atoms with Crippen LogP contribution in [0.1, 0.15) is 203 Å². The smallest absolute Gasteiger partial charge is 0.303 e. The van der Waals surface area contributed by atoms with Crippen LogP contribution >= 0.6 is 12.6 Å². The fourth-order valence-corrected chi connectivity index (χ4v) is 13.6. The molecule has 132 heavy (non-hydrogen) atoms. The van der Waals surface area contributed by atoms with Gasteiger partial charge in [0, 0.05) is 74.7 Å². The summed E-state index contributed by atoms with van der Waals surface area (Å²) in [6, 6.07) is -22.9. The van der Waals surface area contributed by atoms with Crippen LogP contribution in [0, 0.1) is 40.4 Å². The van der Waals surface area contributed by atoms with E-state index < -0.39 is 260 Å². The van der Waals surface area contributed by atoms with Crippen molar-refractivity contribution in [2.45, 2.75) is 301 Å². The Labute approximate surface area is 772 Å². The fourth-order valence-electron chi connectivity index (χ4n) is 13.4. The minimum atomic E-state index is -1.83. The molecule has 0 bridgehead atoms.